The minimum atomic E-state index is -4.45. The van der Waals surface area contributed by atoms with Crippen LogP contribution in [0.2, 0.25) is 5.02 Å². The van der Waals surface area contributed by atoms with Gasteiger partial charge >= 0.3 is 6.18 Å². The number of nitrogens with one attached hydrogen (secondary N) is 1. The third-order valence-electron chi connectivity index (χ3n) is 5.73. The zero-order valence-corrected chi connectivity index (χ0v) is 18.7. The Morgan fingerprint density at radius 2 is 1.94 bits per heavy atom. The quantitative estimate of drug-likeness (QED) is 0.589. The molecular weight excluding hydrogens is 485 g/mol. The lowest BCUT2D eigenvalue weighted by Gasteiger charge is -2.51. The van der Waals surface area contributed by atoms with Crippen molar-refractivity contribution in [1.29, 1.82) is 0 Å². The van der Waals surface area contributed by atoms with Gasteiger partial charge in [-0.2, -0.15) is 13.2 Å². The molecule has 168 valence electrons. The van der Waals surface area contributed by atoms with Crippen LogP contribution in [0.15, 0.2) is 29.1 Å². The van der Waals surface area contributed by atoms with E-state index in [9.17, 15) is 22.8 Å². The Morgan fingerprint density at radius 1 is 1.19 bits per heavy atom. The lowest BCUT2D eigenvalue weighted by Crippen LogP contribution is -2.70. The summed E-state index contributed by atoms with van der Waals surface area (Å²) in [6, 6.07) is 3.56. The van der Waals surface area contributed by atoms with Crippen LogP contribution >= 0.6 is 34.3 Å². The van der Waals surface area contributed by atoms with Gasteiger partial charge in [-0.25, -0.2) is 4.98 Å². The summed E-state index contributed by atoms with van der Waals surface area (Å²) in [5, 5.41) is 5.28. The van der Waals surface area contributed by atoms with Crippen molar-refractivity contribution >= 4 is 56.2 Å². The molecule has 1 N–H and O–H groups in total. The van der Waals surface area contributed by atoms with Gasteiger partial charge in [-0.1, -0.05) is 17.7 Å². The number of rotatable bonds is 4. The van der Waals surface area contributed by atoms with Gasteiger partial charge in [0.1, 0.15) is 10.6 Å². The van der Waals surface area contributed by atoms with Crippen LogP contribution in [0.4, 0.5) is 13.2 Å². The molecule has 0 atom stereocenters. The first-order valence-corrected chi connectivity index (χ1v) is 11.9. The number of nitrogens with zero attached hydrogens (tertiary/aromatic N) is 3. The Hall–Kier alpha value is -2.21. The molecule has 0 aliphatic carbocycles. The molecule has 0 unspecified atom stereocenters. The average Bonchev–Trinajstić information content (AvgIpc) is 3.32. The van der Waals surface area contributed by atoms with Crippen LogP contribution in [0.3, 0.4) is 0 Å². The fourth-order valence-corrected chi connectivity index (χ4v) is 5.91. The SMILES string of the molecule is O=C(NC1CN(C2CN(C(=O)c3sc4cc(C(F)(F)F)ccc4c3Cl)C2)C1)c1cscn1. The van der Waals surface area contributed by atoms with Crippen LogP contribution in [0.25, 0.3) is 10.1 Å². The van der Waals surface area contributed by atoms with Gasteiger partial charge in [0.15, 0.2) is 0 Å². The molecule has 0 spiro atoms. The molecule has 2 amide bonds. The van der Waals surface area contributed by atoms with E-state index in [1.54, 1.807) is 15.8 Å². The monoisotopic (exact) mass is 500 g/mol. The Balaban J connectivity index is 1.17. The maximum absolute atomic E-state index is 13.0. The molecule has 2 fully saturated rings. The maximum atomic E-state index is 13.0. The van der Waals surface area contributed by atoms with Gasteiger partial charge in [0, 0.05) is 47.7 Å². The fraction of sp³-hybridized carbons (Fsp3) is 0.350. The van der Waals surface area contributed by atoms with Crippen molar-refractivity contribution in [1.82, 2.24) is 20.1 Å². The number of hydrogen-bond donors (Lipinski definition) is 1. The Labute approximate surface area is 193 Å². The summed E-state index contributed by atoms with van der Waals surface area (Å²) in [5.74, 6) is -0.454. The summed E-state index contributed by atoms with van der Waals surface area (Å²) in [6.45, 7) is 2.44. The summed E-state index contributed by atoms with van der Waals surface area (Å²) < 4.78 is 39.2. The van der Waals surface area contributed by atoms with E-state index in [0.717, 1.165) is 23.5 Å². The van der Waals surface area contributed by atoms with E-state index < -0.39 is 11.7 Å². The molecule has 3 aromatic rings. The second-order valence-electron chi connectivity index (χ2n) is 7.82. The van der Waals surface area contributed by atoms with E-state index in [0.29, 0.717) is 42.0 Å². The number of amides is 2. The van der Waals surface area contributed by atoms with Crippen molar-refractivity contribution in [3.8, 4) is 0 Å². The summed E-state index contributed by atoms with van der Waals surface area (Å²) in [7, 11) is 0. The van der Waals surface area contributed by atoms with Crippen LogP contribution in [0.5, 0.6) is 0 Å². The number of alkyl halides is 3. The van der Waals surface area contributed by atoms with Crippen LogP contribution in [-0.2, 0) is 6.18 Å². The molecule has 32 heavy (non-hydrogen) atoms. The Bertz CT molecular complexity index is 1190. The number of likely N-dealkylation sites (tertiary alicyclic amines) is 2. The molecule has 0 radical (unpaired) electrons. The zero-order valence-electron chi connectivity index (χ0n) is 16.4. The van der Waals surface area contributed by atoms with Crippen molar-refractivity contribution in [3.63, 3.8) is 0 Å². The van der Waals surface area contributed by atoms with E-state index in [1.165, 1.54) is 17.4 Å². The molecule has 1 aromatic carbocycles. The molecule has 2 aromatic heterocycles. The first kappa shape index (κ1) is 21.6. The topological polar surface area (TPSA) is 65.5 Å². The summed E-state index contributed by atoms with van der Waals surface area (Å²) in [5.41, 5.74) is 1.26. The molecular formula is C20H16ClF3N4O2S2. The minimum Gasteiger partial charge on any atom is -0.345 e. The highest BCUT2D eigenvalue weighted by molar-refractivity contribution is 7.21. The molecule has 5 rings (SSSR count). The number of carbonyl (C=O) groups excluding carboxylic acids is 2. The van der Waals surface area contributed by atoms with Crippen LogP contribution in [0.1, 0.15) is 25.7 Å². The van der Waals surface area contributed by atoms with Crippen molar-refractivity contribution in [3.05, 3.63) is 50.2 Å². The van der Waals surface area contributed by atoms with Crippen LogP contribution in [0, 0.1) is 0 Å². The molecule has 4 heterocycles. The average molecular weight is 501 g/mol. The summed E-state index contributed by atoms with van der Waals surface area (Å²) >= 11 is 8.67. The first-order chi connectivity index (χ1) is 15.2. The van der Waals surface area contributed by atoms with E-state index >= 15 is 0 Å². The highest BCUT2D eigenvalue weighted by Crippen LogP contribution is 2.40. The molecule has 0 bridgehead atoms. The summed E-state index contributed by atoms with van der Waals surface area (Å²) in [6.07, 6.45) is -4.45. The molecule has 2 saturated heterocycles. The van der Waals surface area contributed by atoms with E-state index in [1.807, 2.05) is 0 Å². The number of thiazole rings is 1. The molecule has 2 aliphatic heterocycles. The van der Waals surface area contributed by atoms with Gasteiger partial charge in [0.25, 0.3) is 11.8 Å². The van der Waals surface area contributed by atoms with Crippen molar-refractivity contribution < 1.29 is 22.8 Å². The van der Waals surface area contributed by atoms with Gasteiger partial charge < -0.3 is 10.2 Å². The van der Waals surface area contributed by atoms with Gasteiger partial charge in [0.05, 0.1) is 22.1 Å². The van der Waals surface area contributed by atoms with Gasteiger partial charge in [0.2, 0.25) is 0 Å². The first-order valence-electron chi connectivity index (χ1n) is 9.72. The second kappa shape index (κ2) is 7.98. The Kier molecular flexibility index (Phi) is 5.39. The van der Waals surface area contributed by atoms with E-state index in [2.05, 4.69) is 15.2 Å². The Morgan fingerprint density at radius 3 is 2.59 bits per heavy atom. The zero-order chi connectivity index (χ0) is 22.6. The van der Waals surface area contributed by atoms with E-state index in [4.69, 9.17) is 11.6 Å². The lowest BCUT2D eigenvalue weighted by molar-refractivity contribution is -0.137. The molecule has 12 heteroatoms. The highest BCUT2D eigenvalue weighted by Gasteiger charge is 2.42. The highest BCUT2D eigenvalue weighted by atomic mass is 35.5. The third kappa shape index (κ3) is 3.87. The van der Waals surface area contributed by atoms with Gasteiger partial charge in [-0.05, 0) is 12.1 Å². The molecule has 6 nitrogen and oxygen atoms in total. The van der Waals surface area contributed by atoms with Crippen LogP contribution < -0.4 is 5.32 Å². The standard InChI is InChI=1S/C20H16ClF3N4O2S2/c21-16-13-2-1-10(20(22,23)24)3-15(13)32-17(16)19(30)28-6-12(7-28)27-4-11(5-27)26-18(29)14-8-31-9-25-14/h1-3,8-9,11-12H,4-7H2,(H,26,29). The number of aromatic nitrogens is 1. The van der Waals surface area contributed by atoms with E-state index in [-0.39, 0.29) is 33.8 Å². The normalized spacial score (nSPS) is 17.9. The van der Waals surface area contributed by atoms with Crippen molar-refractivity contribution in [2.45, 2.75) is 18.3 Å². The van der Waals surface area contributed by atoms with Gasteiger partial charge in [-0.3, -0.25) is 14.5 Å². The summed E-state index contributed by atoms with van der Waals surface area (Å²) in [4.78, 5) is 33.0. The minimum absolute atomic E-state index is 0.0498. The second-order valence-corrected chi connectivity index (χ2v) is 9.96. The number of fused-ring (bicyclic) bond motifs is 1. The maximum Gasteiger partial charge on any atom is 0.416 e. The molecule has 2 aliphatic rings. The number of carbonyl (C=O) groups is 2. The van der Waals surface area contributed by atoms with Crippen molar-refractivity contribution in [2.24, 2.45) is 0 Å². The third-order valence-corrected chi connectivity index (χ3v) is 7.96. The predicted octanol–water partition coefficient (Wildman–Crippen LogP) is 3.97. The number of benzene rings is 1. The smallest absolute Gasteiger partial charge is 0.345 e. The number of hydrogen-bond acceptors (Lipinski definition) is 6. The van der Waals surface area contributed by atoms with Gasteiger partial charge in [-0.15, -0.1) is 22.7 Å². The fourth-order valence-electron chi connectivity index (χ4n) is 3.86. The number of halogens is 4. The van der Waals surface area contributed by atoms with Crippen LogP contribution in [-0.4, -0.2) is 64.9 Å². The number of thiophene rings is 1. The molecule has 0 saturated carbocycles. The predicted molar refractivity (Wildman–Crippen MR) is 116 cm³/mol. The van der Waals surface area contributed by atoms with Crippen molar-refractivity contribution in [2.75, 3.05) is 26.2 Å². The largest absolute Gasteiger partial charge is 0.416 e. The lowest BCUT2D eigenvalue weighted by atomic mass is 9.99.